The normalized spacial score (nSPS) is 10.2. The monoisotopic (exact) mass is 190 g/mol. The van der Waals surface area contributed by atoms with Crippen LogP contribution in [0.1, 0.15) is 11.1 Å². The first-order valence-corrected chi connectivity index (χ1v) is 4.61. The number of nitrogens with one attached hydrogen (secondary N) is 1. The van der Waals surface area contributed by atoms with Gasteiger partial charge >= 0.3 is 0 Å². The molecule has 0 aromatic carbocycles. The summed E-state index contributed by atoms with van der Waals surface area (Å²) < 4.78 is 0.903. The number of nitriles is 1. The number of aromatic amines is 1. The predicted molar refractivity (Wildman–Crippen MR) is 51.9 cm³/mol. The van der Waals surface area contributed by atoms with Crippen LogP contribution >= 0.6 is 11.3 Å². The van der Waals surface area contributed by atoms with Gasteiger partial charge in [-0.15, -0.1) is 11.3 Å². The van der Waals surface area contributed by atoms with Crippen molar-refractivity contribution in [1.82, 2.24) is 4.98 Å². The summed E-state index contributed by atoms with van der Waals surface area (Å²) in [7, 11) is 0. The molecular weight excluding hydrogens is 184 g/mol. The zero-order valence-electron chi connectivity index (χ0n) is 6.92. The molecule has 0 atom stereocenters. The van der Waals surface area contributed by atoms with E-state index < -0.39 is 0 Å². The summed E-state index contributed by atoms with van der Waals surface area (Å²) in [5.41, 5.74) is 1.28. The lowest BCUT2D eigenvalue weighted by atomic mass is 10.2. The molecule has 13 heavy (non-hydrogen) atoms. The van der Waals surface area contributed by atoms with Gasteiger partial charge in [-0.1, -0.05) is 0 Å². The summed E-state index contributed by atoms with van der Waals surface area (Å²) in [4.78, 5) is 14.0. The number of rotatable bonds is 0. The van der Waals surface area contributed by atoms with Crippen molar-refractivity contribution in [3.8, 4) is 6.07 Å². The van der Waals surface area contributed by atoms with Crippen LogP contribution in [0, 0.1) is 18.3 Å². The fraction of sp³-hybridized carbons (Fsp3) is 0.111. The average Bonchev–Trinajstić information content (AvgIpc) is 2.56. The highest BCUT2D eigenvalue weighted by Crippen LogP contribution is 2.24. The molecule has 0 amide bonds. The summed E-state index contributed by atoms with van der Waals surface area (Å²) in [6, 6.07) is 2.01. The van der Waals surface area contributed by atoms with E-state index in [0.29, 0.717) is 10.9 Å². The van der Waals surface area contributed by atoms with Crippen LogP contribution in [-0.4, -0.2) is 4.98 Å². The van der Waals surface area contributed by atoms with Gasteiger partial charge in [0.15, 0.2) is 0 Å². The number of fused-ring (bicyclic) bond motifs is 1. The summed E-state index contributed by atoms with van der Waals surface area (Å²) in [6.45, 7) is 1.91. The Kier molecular flexibility index (Phi) is 1.67. The van der Waals surface area contributed by atoms with Crippen molar-refractivity contribution in [1.29, 1.82) is 5.26 Å². The molecule has 64 valence electrons. The average molecular weight is 190 g/mol. The summed E-state index contributed by atoms with van der Waals surface area (Å²) in [5.74, 6) is 0. The van der Waals surface area contributed by atoms with Gasteiger partial charge in [-0.3, -0.25) is 4.79 Å². The Morgan fingerprint density at radius 2 is 2.38 bits per heavy atom. The van der Waals surface area contributed by atoms with Gasteiger partial charge < -0.3 is 4.98 Å². The highest BCUT2D eigenvalue weighted by molar-refractivity contribution is 7.17. The van der Waals surface area contributed by atoms with Gasteiger partial charge in [0.25, 0.3) is 5.56 Å². The molecule has 0 saturated carbocycles. The van der Waals surface area contributed by atoms with Crippen LogP contribution in [0.2, 0.25) is 0 Å². The molecule has 3 nitrogen and oxygen atoms in total. The van der Waals surface area contributed by atoms with Crippen molar-refractivity contribution in [3.05, 3.63) is 33.1 Å². The van der Waals surface area contributed by atoms with Crippen molar-refractivity contribution in [2.24, 2.45) is 0 Å². The van der Waals surface area contributed by atoms with Crippen molar-refractivity contribution < 1.29 is 0 Å². The number of thiophene rings is 1. The largest absolute Gasteiger partial charge is 0.328 e. The summed E-state index contributed by atoms with van der Waals surface area (Å²) in [5, 5.41) is 11.0. The van der Waals surface area contributed by atoms with E-state index in [4.69, 9.17) is 5.26 Å². The fourth-order valence-corrected chi connectivity index (χ4v) is 2.24. The molecule has 0 fully saturated rings. The van der Waals surface area contributed by atoms with Crippen LogP contribution in [0.3, 0.4) is 0 Å². The first-order chi connectivity index (χ1) is 6.24. The van der Waals surface area contributed by atoms with E-state index in [1.54, 1.807) is 11.6 Å². The van der Waals surface area contributed by atoms with Gasteiger partial charge in [0, 0.05) is 16.3 Å². The standard InChI is InChI=1S/C9H6N2OS/c1-5-3-11-9(12)7-6(2-10)4-13-8(5)7/h3-4H,1H3,(H,11,12). The smallest absolute Gasteiger partial charge is 0.258 e. The lowest BCUT2D eigenvalue weighted by molar-refractivity contribution is 1.25. The van der Waals surface area contributed by atoms with Gasteiger partial charge in [-0.2, -0.15) is 5.26 Å². The van der Waals surface area contributed by atoms with Crippen LogP contribution in [0.15, 0.2) is 16.4 Å². The topological polar surface area (TPSA) is 56.6 Å². The third kappa shape index (κ3) is 1.05. The first-order valence-electron chi connectivity index (χ1n) is 3.73. The predicted octanol–water partition coefficient (Wildman–Crippen LogP) is 1.77. The molecule has 0 aliphatic rings. The number of hydrogen-bond acceptors (Lipinski definition) is 3. The molecule has 0 bridgehead atoms. The highest BCUT2D eigenvalue weighted by Gasteiger charge is 2.08. The third-order valence-corrected chi connectivity index (χ3v) is 3.03. The van der Waals surface area contributed by atoms with Crippen molar-refractivity contribution in [3.63, 3.8) is 0 Å². The Morgan fingerprint density at radius 1 is 1.62 bits per heavy atom. The van der Waals surface area contributed by atoms with Gasteiger partial charge in [0.05, 0.1) is 10.9 Å². The second kappa shape index (κ2) is 2.71. The van der Waals surface area contributed by atoms with Gasteiger partial charge in [0.1, 0.15) is 6.07 Å². The van der Waals surface area contributed by atoms with E-state index in [-0.39, 0.29) is 5.56 Å². The van der Waals surface area contributed by atoms with Crippen molar-refractivity contribution in [2.45, 2.75) is 6.92 Å². The highest BCUT2D eigenvalue weighted by atomic mass is 32.1. The third-order valence-electron chi connectivity index (χ3n) is 1.92. The van der Waals surface area contributed by atoms with Crippen LogP contribution in [0.5, 0.6) is 0 Å². The van der Waals surface area contributed by atoms with E-state index in [1.165, 1.54) is 11.3 Å². The van der Waals surface area contributed by atoms with Crippen LogP contribution in [-0.2, 0) is 0 Å². The van der Waals surface area contributed by atoms with Crippen LogP contribution in [0.25, 0.3) is 10.1 Å². The van der Waals surface area contributed by atoms with Crippen molar-refractivity contribution in [2.75, 3.05) is 0 Å². The second-order valence-electron chi connectivity index (χ2n) is 2.77. The Hall–Kier alpha value is -1.60. The van der Waals surface area contributed by atoms with E-state index in [9.17, 15) is 4.79 Å². The van der Waals surface area contributed by atoms with Gasteiger partial charge in [0.2, 0.25) is 0 Å². The number of aryl methyl sites for hydroxylation is 1. The molecule has 0 aliphatic heterocycles. The summed E-state index contributed by atoms with van der Waals surface area (Å²) in [6.07, 6.45) is 1.67. The van der Waals surface area contributed by atoms with Crippen LogP contribution < -0.4 is 5.56 Å². The molecule has 0 unspecified atom stereocenters. The molecule has 1 N–H and O–H groups in total. The summed E-state index contributed by atoms with van der Waals surface area (Å²) >= 11 is 1.44. The van der Waals surface area contributed by atoms with Gasteiger partial charge in [-0.25, -0.2) is 0 Å². The van der Waals surface area contributed by atoms with Crippen LogP contribution in [0.4, 0.5) is 0 Å². The maximum Gasteiger partial charge on any atom is 0.258 e. The molecule has 2 heterocycles. The lowest BCUT2D eigenvalue weighted by Gasteiger charge is -1.92. The van der Waals surface area contributed by atoms with Crippen molar-refractivity contribution >= 4 is 21.4 Å². The maximum absolute atomic E-state index is 11.4. The van der Waals surface area contributed by atoms with E-state index in [2.05, 4.69) is 4.98 Å². The molecule has 2 aromatic rings. The maximum atomic E-state index is 11.4. The number of hydrogen-bond donors (Lipinski definition) is 1. The molecular formula is C9H6N2OS. The second-order valence-corrected chi connectivity index (χ2v) is 3.65. The molecule has 2 rings (SSSR count). The minimum absolute atomic E-state index is 0.182. The van der Waals surface area contributed by atoms with Gasteiger partial charge in [-0.05, 0) is 12.5 Å². The molecule has 4 heteroatoms. The lowest BCUT2D eigenvalue weighted by Crippen LogP contribution is -2.05. The number of pyridine rings is 1. The minimum Gasteiger partial charge on any atom is -0.328 e. The molecule has 0 aliphatic carbocycles. The molecule has 2 aromatic heterocycles. The van der Waals surface area contributed by atoms with E-state index in [1.807, 2.05) is 13.0 Å². The Balaban J connectivity index is 3.07. The zero-order chi connectivity index (χ0) is 9.42. The number of aromatic nitrogens is 1. The molecule has 0 saturated heterocycles. The van der Waals surface area contributed by atoms with E-state index >= 15 is 0 Å². The minimum atomic E-state index is -0.182. The number of nitrogens with zero attached hydrogens (tertiary/aromatic N) is 1. The number of H-pyrrole nitrogens is 1. The Bertz CT molecular complexity index is 559. The zero-order valence-corrected chi connectivity index (χ0v) is 7.73. The Labute approximate surface area is 78.3 Å². The quantitative estimate of drug-likeness (QED) is 0.688. The fourth-order valence-electron chi connectivity index (χ4n) is 1.27. The Morgan fingerprint density at radius 3 is 3.08 bits per heavy atom. The molecule has 0 radical (unpaired) electrons. The molecule has 0 spiro atoms. The first kappa shape index (κ1) is 8.02. The SMILES string of the molecule is Cc1c[nH]c(=O)c2c(C#N)csc12. The van der Waals surface area contributed by atoms with E-state index in [0.717, 1.165) is 10.3 Å².